The van der Waals surface area contributed by atoms with Gasteiger partial charge in [0, 0.05) is 23.4 Å². The van der Waals surface area contributed by atoms with Gasteiger partial charge in [-0.1, -0.05) is 24.3 Å². The second-order valence-electron chi connectivity index (χ2n) is 5.70. The zero-order valence-corrected chi connectivity index (χ0v) is 14.9. The second-order valence-corrected chi connectivity index (χ2v) is 7.38. The zero-order valence-electron chi connectivity index (χ0n) is 14.1. The van der Waals surface area contributed by atoms with Crippen molar-refractivity contribution in [1.29, 1.82) is 0 Å². The Kier molecular flexibility index (Phi) is 5.36. The minimum atomic E-state index is -3.86. The monoisotopic (exact) mass is 406 g/mol. The van der Waals surface area contributed by atoms with Crippen molar-refractivity contribution in [2.75, 3.05) is 10.0 Å². The maximum atomic E-state index is 13.7. The minimum absolute atomic E-state index is 0.0163. The molecule has 0 heterocycles. The summed E-state index contributed by atoms with van der Waals surface area (Å²) in [4.78, 5) is 12.3. The van der Waals surface area contributed by atoms with Crippen LogP contribution in [0, 0.1) is 17.5 Å². The maximum absolute atomic E-state index is 13.7. The van der Waals surface area contributed by atoms with Crippen LogP contribution in [-0.4, -0.2) is 14.3 Å². The highest BCUT2D eigenvalue weighted by Crippen LogP contribution is 2.21. The molecule has 0 aromatic heterocycles. The number of halogens is 3. The first-order valence-electron chi connectivity index (χ1n) is 7.90. The van der Waals surface area contributed by atoms with E-state index in [-0.39, 0.29) is 16.1 Å². The van der Waals surface area contributed by atoms with Crippen molar-refractivity contribution in [3.63, 3.8) is 0 Å². The molecule has 1 amide bonds. The summed E-state index contributed by atoms with van der Waals surface area (Å²) in [6.07, 6.45) is 0. The van der Waals surface area contributed by atoms with Crippen molar-refractivity contribution in [3.8, 4) is 0 Å². The number of rotatable bonds is 5. The van der Waals surface area contributed by atoms with E-state index in [1.807, 2.05) is 0 Å². The van der Waals surface area contributed by atoms with Crippen molar-refractivity contribution in [2.24, 2.45) is 0 Å². The number of nitrogens with one attached hydrogen (secondary N) is 2. The van der Waals surface area contributed by atoms with Crippen LogP contribution in [0.4, 0.5) is 24.5 Å². The number of carbonyl (C=O) groups is 1. The number of hydrogen-bond donors (Lipinski definition) is 2. The molecule has 0 fully saturated rings. The predicted molar refractivity (Wildman–Crippen MR) is 98.0 cm³/mol. The fourth-order valence-corrected chi connectivity index (χ4v) is 3.42. The molecule has 3 aromatic carbocycles. The molecule has 28 heavy (non-hydrogen) atoms. The molecule has 0 saturated heterocycles. The fraction of sp³-hybridized carbons (Fsp3) is 0. The third kappa shape index (κ3) is 4.32. The van der Waals surface area contributed by atoms with E-state index in [1.54, 1.807) is 18.2 Å². The molecule has 3 aromatic rings. The summed E-state index contributed by atoms with van der Waals surface area (Å²) in [5.41, 5.74) is -0.459. The lowest BCUT2D eigenvalue weighted by molar-refractivity contribution is 0.102. The van der Waals surface area contributed by atoms with Gasteiger partial charge in [0.1, 0.15) is 5.82 Å². The molecular formula is C19H13F3N2O3S. The number of hydrogen-bond acceptors (Lipinski definition) is 3. The first-order valence-corrected chi connectivity index (χ1v) is 9.38. The molecule has 0 unspecified atom stereocenters. The van der Waals surface area contributed by atoms with E-state index in [9.17, 15) is 26.4 Å². The third-order valence-electron chi connectivity index (χ3n) is 3.69. The van der Waals surface area contributed by atoms with Crippen molar-refractivity contribution >= 4 is 27.3 Å². The van der Waals surface area contributed by atoms with Crippen LogP contribution in [0.5, 0.6) is 0 Å². The SMILES string of the molecule is O=C(Nc1cc(F)c(F)cc1F)c1cccc(NS(=O)(=O)c2ccccc2)c1. The van der Waals surface area contributed by atoms with Crippen LogP contribution in [0.2, 0.25) is 0 Å². The van der Waals surface area contributed by atoms with Crippen LogP contribution in [0.3, 0.4) is 0 Å². The van der Waals surface area contributed by atoms with Gasteiger partial charge in [0.2, 0.25) is 0 Å². The highest BCUT2D eigenvalue weighted by Gasteiger charge is 2.16. The Morgan fingerprint density at radius 2 is 1.46 bits per heavy atom. The molecule has 0 saturated carbocycles. The first kappa shape index (κ1) is 19.4. The van der Waals surface area contributed by atoms with Gasteiger partial charge in [0.15, 0.2) is 11.6 Å². The summed E-state index contributed by atoms with van der Waals surface area (Å²) in [7, 11) is -3.86. The van der Waals surface area contributed by atoms with E-state index in [0.29, 0.717) is 12.1 Å². The van der Waals surface area contributed by atoms with Crippen LogP contribution in [0.1, 0.15) is 10.4 Å². The summed E-state index contributed by atoms with van der Waals surface area (Å²) >= 11 is 0. The lowest BCUT2D eigenvalue weighted by atomic mass is 10.2. The number of carbonyl (C=O) groups excluding carboxylic acids is 1. The molecule has 9 heteroatoms. The molecule has 144 valence electrons. The number of anilines is 2. The van der Waals surface area contributed by atoms with Gasteiger partial charge in [-0.05, 0) is 30.3 Å². The average Bonchev–Trinajstić information content (AvgIpc) is 2.66. The van der Waals surface area contributed by atoms with E-state index in [2.05, 4.69) is 10.0 Å². The van der Waals surface area contributed by atoms with Crippen LogP contribution in [-0.2, 0) is 10.0 Å². The Labute approximate surface area is 158 Å². The first-order chi connectivity index (χ1) is 13.3. The van der Waals surface area contributed by atoms with E-state index in [1.165, 1.54) is 36.4 Å². The van der Waals surface area contributed by atoms with Gasteiger partial charge in [-0.15, -0.1) is 0 Å². The van der Waals surface area contributed by atoms with Crippen LogP contribution < -0.4 is 10.0 Å². The molecular weight excluding hydrogens is 393 g/mol. The Bertz CT molecular complexity index is 1140. The van der Waals surface area contributed by atoms with E-state index in [0.717, 1.165) is 0 Å². The zero-order chi connectivity index (χ0) is 20.3. The van der Waals surface area contributed by atoms with Crippen molar-refractivity contribution in [1.82, 2.24) is 0 Å². The molecule has 0 radical (unpaired) electrons. The van der Waals surface area contributed by atoms with Crippen LogP contribution in [0.15, 0.2) is 71.6 Å². The van der Waals surface area contributed by atoms with Crippen molar-refractivity contribution in [3.05, 3.63) is 89.7 Å². The van der Waals surface area contributed by atoms with Crippen molar-refractivity contribution in [2.45, 2.75) is 4.90 Å². The van der Waals surface area contributed by atoms with Gasteiger partial charge >= 0.3 is 0 Å². The topological polar surface area (TPSA) is 75.3 Å². The molecule has 0 aliphatic heterocycles. The summed E-state index contributed by atoms with van der Waals surface area (Å²) in [5, 5.41) is 2.12. The molecule has 3 rings (SSSR count). The molecule has 2 N–H and O–H groups in total. The highest BCUT2D eigenvalue weighted by atomic mass is 32.2. The molecule has 0 atom stereocenters. The summed E-state index contributed by atoms with van der Waals surface area (Å²) < 4.78 is 66.9. The van der Waals surface area contributed by atoms with Gasteiger partial charge in [0.25, 0.3) is 15.9 Å². The Balaban J connectivity index is 1.81. The maximum Gasteiger partial charge on any atom is 0.261 e. The predicted octanol–water partition coefficient (Wildman–Crippen LogP) is 4.16. The van der Waals surface area contributed by atoms with Crippen LogP contribution in [0.25, 0.3) is 0 Å². The van der Waals surface area contributed by atoms with Gasteiger partial charge in [-0.3, -0.25) is 9.52 Å². The summed E-state index contributed by atoms with van der Waals surface area (Å²) in [6.45, 7) is 0. The Morgan fingerprint density at radius 1 is 0.786 bits per heavy atom. The summed E-state index contributed by atoms with van der Waals surface area (Å²) in [6, 6.07) is 13.9. The smallest absolute Gasteiger partial charge is 0.261 e. The van der Waals surface area contributed by atoms with E-state index < -0.39 is 39.1 Å². The van der Waals surface area contributed by atoms with Gasteiger partial charge < -0.3 is 5.32 Å². The minimum Gasteiger partial charge on any atom is -0.319 e. The van der Waals surface area contributed by atoms with Crippen LogP contribution >= 0.6 is 0 Å². The highest BCUT2D eigenvalue weighted by molar-refractivity contribution is 7.92. The molecule has 0 spiro atoms. The Morgan fingerprint density at radius 3 is 2.18 bits per heavy atom. The lowest BCUT2D eigenvalue weighted by Gasteiger charge is -2.10. The summed E-state index contributed by atoms with van der Waals surface area (Å²) in [5.74, 6) is -4.67. The lowest BCUT2D eigenvalue weighted by Crippen LogP contribution is -2.16. The normalized spacial score (nSPS) is 11.1. The standard InChI is InChI=1S/C19H13F3N2O3S/c20-15-10-17(22)18(11-16(15)21)23-19(25)12-5-4-6-13(9-12)24-28(26,27)14-7-2-1-3-8-14/h1-11,24H,(H,23,25). The Hall–Kier alpha value is -3.33. The van der Waals surface area contributed by atoms with Gasteiger partial charge in [0.05, 0.1) is 10.6 Å². The van der Waals surface area contributed by atoms with Gasteiger partial charge in [-0.25, -0.2) is 21.6 Å². The molecule has 0 bridgehead atoms. The largest absolute Gasteiger partial charge is 0.319 e. The molecule has 5 nitrogen and oxygen atoms in total. The van der Waals surface area contributed by atoms with E-state index in [4.69, 9.17) is 0 Å². The number of amides is 1. The third-order valence-corrected chi connectivity index (χ3v) is 5.09. The number of benzene rings is 3. The quantitative estimate of drug-likeness (QED) is 0.625. The fourth-order valence-electron chi connectivity index (χ4n) is 2.35. The number of sulfonamides is 1. The molecule has 0 aliphatic carbocycles. The average molecular weight is 406 g/mol. The van der Waals surface area contributed by atoms with Crippen molar-refractivity contribution < 1.29 is 26.4 Å². The van der Waals surface area contributed by atoms with E-state index >= 15 is 0 Å². The molecule has 0 aliphatic rings. The van der Waals surface area contributed by atoms with Gasteiger partial charge in [-0.2, -0.15) is 0 Å². The second kappa shape index (κ2) is 7.73.